The number of rotatable bonds is 3. The molecule has 13 atom stereocenters. The number of carbonyl (C=O) groups excluding carboxylic acids is 1. The van der Waals surface area contributed by atoms with Crippen molar-refractivity contribution >= 4 is 27.3 Å². The summed E-state index contributed by atoms with van der Waals surface area (Å²) >= 11 is 0. The van der Waals surface area contributed by atoms with Crippen LogP contribution in [-0.2, 0) is 23.7 Å². The van der Waals surface area contributed by atoms with Gasteiger partial charge in [-0.05, 0) is 207 Å². The first-order chi connectivity index (χ1) is 34.3. The van der Waals surface area contributed by atoms with E-state index in [1.165, 1.54) is 94.3 Å². The summed E-state index contributed by atoms with van der Waals surface area (Å²) in [6, 6.07) is 18.8. The van der Waals surface area contributed by atoms with Crippen molar-refractivity contribution < 1.29 is 23.7 Å². The Morgan fingerprint density at radius 3 is 1.73 bits per heavy atom. The summed E-state index contributed by atoms with van der Waals surface area (Å²) in [5.74, 6) is 2.13. The maximum absolute atomic E-state index is 12.4. The predicted octanol–water partition coefficient (Wildman–Crippen LogP) is 12.7. The van der Waals surface area contributed by atoms with E-state index in [9.17, 15) is 4.79 Å². The molecule has 6 aliphatic heterocycles. The number of hydrogen-bond donors (Lipinski definition) is 0. The van der Waals surface area contributed by atoms with Gasteiger partial charge in [0.2, 0.25) is 0 Å². The predicted molar refractivity (Wildman–Crippen MR) is 276 cm³/mol. The molecule has 0 N–H and O–H groups in total. The van der Waals surface area contributed by atoms with E-state index < -0.39 is 5.79 Å². The molecule has 71 heavy (non-hydrogen) atoms. The Morgan fingerprint density at radius 1 is 0.592 bits per heavy atom. The van der Waals surface area contributed by atoms with Gasteiger partial charge in [0.25, 0.3) is 0 Å². The van der Waals surface area contributed by atoms with E-state index in [1.807, 2.05) is 38.6 Å². The Labute approximate surface area is 419 Å². The minimum atomic E-state index is -0.438. The van der Waals surface area contributed by atoms with E-state index in [2.05, 4.69) is 102 Å². The molecular weight excluding hydrogens is 879 g/mol. The number of ether oxygens (including phenoxy) is 4. The van der Waals surface area contributed by atoms with Crippen LogP contribution >= 0.6 is 0 Å². The van der Waals surface area contributed by atoms with E-state index >= 15 is 0 Å². The zero-order valence-electron chi connectivity index (χ0n) is 42.4. The molecule has 2 aromatic carbocycles. The number of hydrogen-bond acceptors (Lipinski definition) is 8. The van der Waals surface area contributed by atoms with Gasteiger partial charge in [-0.3, -0.25) is 19.7 Å². The minimum Gasteiger partial charge on any atom is -0.359 e. The van der Waals surface area contributed by atoms with Gasteiger partial charge in [-0.2, -0.15) is 0 Å². The molecule has 4 spiro atoms. The van der Waals surface area contributed by atoms with Crippen LogP contribution in [0.5, 0.6) is 0 Å². The monoisotopic (exact) mass is 950 g/mol. The fraction of sp³-hybridized carbons (Fsp3) is 0.571. The number of Topliss-reactive ketones (excluding diaryl/α,β-unsaturated/α-hetero) is 1. The summed E-state index contributed by atoms with van der Waals surface area (Å²) in [6.45, 7) is 11.2. The van der Waals surface area contributed by atoms with Gasteiger partial charge in [-0.15, -0.1) is 0 Å². The van der Waals surface area contributed by atoms with Gasteiger partial charge in [-0.1, -0.05) is 62.4 Å². The average Bonchev–Trinajstić information content (AvgIpc) is 4.21. The Bertz CT molecular complexity index is 3050. The van der Waals surface area contributed by atoms with Crippen LogP contribution in [0.1, 0.15) is 153 Å². The molecule has 8 fully saturated rings. The van der Waals surface area contributed by atoms with Gasteiger partial charge in [0.15, 0.2) is 5.79 Å². The molecule has 4 aromatic rings. The number of allylic oxidation sites excluding steroid dienone is 2. The highest BCUT2D eigenvalue weighted by molar-refractivity contribution is 5.84. The fourth-order valence-corrected chi connectivity index (χ4v) is 18.7. The molecule has 4 saturated heterocycles. The minimum absolute atomic E-state index is 0.0795. The second-order valence-corrected chi connectivity index (χ2v) is 25.7. The quantitative estimate of drug-likeness (QED) is 0.201. The average molecular weight is 950 g/mol. The maximum atomic E-state index is 12.4. The molecule has 6 aliphatic carbocycles. The van der Waals surface area contributed by atoms with Crippen LogP contribution in [-0.4, -0.2) is 80.2 Å². The van der Waals surface area contributed by atoms with Crippen molar-refractivity contribution in [3.05, 3.63) is 131 Å². The molecule has 4 saturated carbocycles. The van der Waals surface area contributed by atoms with Crippen LogP contribution in [0.3, 0.4) is 0 Å². The number of nitrogens with zero attached hydrogens (tertiary/aromatic N) is 3. The van der Waals surface area contributed by atoms with Crippen LogP contribution in [0.15, 0.2) is 120 Å². The van der Waals surface area contributed by atoms with Crippen molar-refractivity contribution in [3.63, 3.8) is 0 Å². The molecule has 8 nitrogen and oxygen atoms in total. The molecule has 0 unspecified atom stereocenters. The second-order valence-electron chi connectivity index (χ2n) is 25.7. The summed E-state index contributed by atoms with van der Waals surface area (Å²) < 4.78 is 27.2. The van der Waals surface area contributed by atoms with Crippen molar-refractivity contribution in [2.45, 2.75) is 189 Å². The van der Waals surface area contributed by atoms with E-state index in [4.69, 9.17) is 18.9 Å². The van der Waals surface area contributed by atoms with Crippen LogP contribution in [0.2, 0.25) is 0 Å². The number of likely N-dealkylation sites (tertiary alicyclic amines) is 1. The topological polar surface area (TPSA) is 83.0 Å². The molecule has 2 aromatic heterocycles. The van der Waals surface area contributed by atoms with Crippen molar-refractivity contribution in [1.82, 2.24) is 14.9 Å². The normalized spacial score (nSPS) is 43.2. The van der Waals surface area contributed by atoms with Gasteiger partial charge in [0.1, 0.15) is 18.0 Å². The molecule has 4 bridgehead atoms. The maximum Gasteiger partial charge on any atom is 0.163 e. The lowest BCUT2D eigenvalue weighted by Crippen LogP contribution is -2.55. The number of benzene rings is 2. The Kier molecular flexibility index (Phi) is 9.43. The molecule has 8 heterocycles. The van der Waals surface area contributed by atoms with Crippen LogP contribution < -0.4 is 0 Å². The third kappa shape index (κ3) is 6.30. The molecular formula is C63H71N3O5. The Balaban J connectivity index is 0.000000131. The zero-order chi connectivity index (χ0) is 47.8. The van der Waals surface area contributed by atoms with Crippen LogP contribution in [0.25, 0.3) is 21.5 Å². The number of fused-ring (bicyclic) bond motifs is 5. The Hall–Kier alpha value is -4.31. The van der Waals surface area contributed by atoms with Gasteiger partial charge >= 0.3 is 0 Å². The first-order valence-electron chi connectivity index (χ1n) is 27.8. The molecule has 12 aliphatic rings. The van der Waals surface area contributed by atoms with Crippen LogP contribution in [0.4, 0.5) is 0 Å². The SMILES string of the molecule is CC1(C)O[C@H]2CN([C@@H]3CCC4=CC5=CC[C@]6(C)[C@@H](c7ccc8ccncc8c7)CC[C@H]6[C@@]56CC[C@]4(C3)O6)C[C@H]2O1.C[C@]12CC=C3C=C4CCC(=O)C[C@]45CC[C@]3(O5)[C@@H]1CC[C@@H]2c1ccc2ccncc2c1. The molecule has 368 valence electrons. The molecule has 0 radical (unpaired) electrons. The van der Waals surface area contributed by atoms with Crippen molar-refractivity contribution in [1.29, 1.82) is 0 Å². The lowest BCUT2D eigenvalue weighted by atomic mass is 9.58. The number of aromatic nitrogens is 2. The first-order valence-corrected chi connectivity index (χ1v) is 27.8. The molecule has 8 heteroatoms. The Morgan fingerprint density at radius 2 is 1.14 bits per heavy atom. The summed E-state index contributed by atoms with van der Waals surface area (Å²) in [7, 11) is 0. The lowest BCUT2D eigenvalue weighted by molar-refractivity contribution is -0.162. The number of pyridine rings is 2. The third-order valence-electron chi connectivity index (χ3n) is 21.9. The largest absolute Gasteiger partial charge is 0.359 e. The summed E-state index contributed by atoms with van der Waals surface area (Å²) in [6.07, 6.45) is 35.7. The standard InChI is InChI=1S/C35H42N2O3.C28H29NO2/c1-32(2)38-29-20-37(21-30(29)39-32)27-7-6-25-17-26-10-12-33(3)28(23-5-4-22-11-15-36-19-24(22)16-23)8-9-31(33)35(26)14-13-34(25,18-27)40-35;1-26-10-8-22-15-21-4-5-23(30)16-27(21)11-12-28(22,31-27)25(26)7-6-24(26)19-3-2-18-9-13-29-17-20(18)14-19/h4-5,10-11,15-17,19,27-31H,6-9,12-14,18,20-21H2,1-3H3;2-3,8-9,13-15,17,24-25H,4-7,10-12,16H2,1H3/t27-,28-,29-,30+,31-,33-,34-,35-;24-,25-,26-,27-,28-/m11/s1. The van der Waals surface area contributed by atoms with E-state index in [-0.39, 0.29) is 45.4 Å². The zero-order valence-corrected chi connectivity index (χ0v) is 42.4. The highest BCUT2D eigenvalue weighted by atomic mass is 16.8. The molecule has 0 amide bonds. The van der Waals surface area contributed by atoms with Crippen molar-refractivity contribution in [2.24, 2.45) is 22.7 Å². The molecule has 16 rings (SSSR count). The first kappa shape index (κ1) is 44.2. The van der Waals surface area contributed by atoms with E-state index in [0.717, 1.165) is 58.0 Å². The van der Waals surface area contributed by atoms with Crippen molar-refractivity contribution in [2.75, 3.05) is 13.1 Å². The van der Waals surface area contributed by atoms with Crippen molar-refractivity contribution in [3.8, 4) is 0 Å². The second kappa shape index (κ2) is 15.2. The summed E-state index contributed by atoms with van der Waals surface area (Å²) in [4.78, 5) is 23.8. The van der Waals surface area contributed by atoms with Gasteiger partial charge in [0.05, 0.1) is 22.4 Å². The lowest BCUT2D eigenvalue weighted by Gasteiger charge is -2.55. The smallest absolute Gasteiger partial charge is 0.163 e. The van der Waals surface area contributed by atoms with Gasteiger partial charge in [-0.25, -0.2) is 0 Å². The fourth-order valence-electron chi connectivity index (χ4n) is 18.7. The number of ketones is 1. The summed E-state index contributed by atoms with van der Waals surface area (Å²) in [5.41, 5.74) is 8.60. The van der Waals surface area contributed by atoms with E-state index in [0.29, 0.717) is 48.3 Å². The van der Waals surface area contributed by atoms with Crippen LogP contribution in [0, 0.1) is 22.7 Å². The highest BCUT2D eigenvalue weighted by Gasteiger charge is 2.68. The highest BCUT2D eigenvalue weighted by Crippen LogP contribution is 2.71. The third-order valence-corrected chi connectivity index (χ3v) is 21.9. The summed E-state index contributed by atoms with van der Waals surface area (Å²) in [5, 5.41) is 5.04. The van der Waals surface area contributed by atoms with Gasteiger partial charge < -0.3 is 18.9 Å². The van der Waals surface area contributed by atoms with E-state index in [1.54, 1.807) is 5.57 Å². The number of carbonyl (C=O) groups is 1. The van der Waals surface area contributed by atoms with Gasteiger partial charge in [0, 0.05) is 67.5 Å².